The van der Waals surface area contributed by atoms with Crippen LogP contribution in [0.4, 0.5) is 0 Å². The van der Waals surface area contributed by atoms with Gasteiger partial charge in [-0.05, 0) is 46.5 Å². The summed E-state index contributed by atoms with van der Waals surface area (Å²) in [5, 5.41) is 1.06. The number of hydrogen-bond acceptors (Lipinski definition) is 3. The van der Waals surface area contributed by atoms with Crippen molar-refractivity contribution in [1.29, 1.82) is 0 Å². The monoisotopic (exact) mass is 506 g/mol. The molecule has 182 valence electrons. The molecule has 3 heteroatoms. The van der Waals surface area contributed by atoms with Crippen molar-refractivity contribution in [3.63, 3.8) is 0 Å². The highest BCUT2D eigenvalue weighted by molar-refractivity contribution is 7.99. The van der Waals surface area contributed by atoms with Gasteiger partial charge in [-0.2, -0.15) is 0 Å². The van der Waals surface area contributed by atoms with Gasteiger partial charge in [0.05, 0.1) is 11.2 Å². The molecule has 0 fully saturated rings. The molecule has 0 radical (unpaired) electrons. The van der Waals surface area contributed by atoms with E-state index >= 15 is 0 Å². The Labute approximate surface area is 227 Å². The first-order valence-electron chi connectivity index (χ1n) is 12.9. The Morgan fingerprint density at radius 1 is 0.526 bits per heavy atom. The Morgan fingerprint density at radius 2 is 1.18 bits per heavy atom. The van der Waals surface area contributed by atoms with Gasteiger partial charge in [0.1, 0.15) is 0 Å². The van der Waals surface area contributed by atoms with Crippen LogP contribution in [0.5, 0.6) is 0 Å². The number of nitrogens with zero attached hydrogens (tertiary/aromatic N) is 2. The van der Waals surface area contributed by atoms with E-state index in [1.165, 1.54) is 32.0 Å². The van der Waals surface area contributed by atoms with Gasteiger partial charge < -0.3 is 0 Å². The Balaban J connectivity index is 1.27. The third kappa shape index (κ3) is 3.82. The zero-order valence-corrected chi connectivity index (χ0v) is 22.2. The lowest BCUT2D eigenvalue weighted by Crippen LogP contribution is -2.23. The molecule has 1 aliphatic rings. The van der Waals surface area contributed by atoms with Crippen LogP contribution in [0.25, 0.3) is 44.7 Å². The van der Waals surface area contributed by atoms with Gasteiger partial charge in [-0.1, -0.05) is 123 Å². The van der Waals surface area contributed by atoms with E-state index in [1.807, 2.05) is 30.0 Å². The lowest BCUT2D eigenvalue weighted by molar-refractivity contribution is 0.607. The first-order chi connectivity index (χ1) is 18.6. The summed E-state index contributed by atoms with van der Waals surface area (Å²) in [5.41, 5.74) is 9.19. The lowest BCUT2D eigenvalue weighted by Gasteiger charge is -2.34. The van der Waals surface area contributed by atoms with Crippen LogP contribution in [-0.4, -0.2) is 9.97 Å². The molecule has 5 aromatic carbocycles. The predicted molar refractivity (Wildman–Crippen MR) is 159 cm³/mol. The van der Waals surface area contributed by atoms with Crippen molar-refractivity contribution in [3.05, 3.63) is 132 Å². The third-order valence-electron chi connectivity index (χ3n) is 7.56. The zero-order valence-electron chi connectivity index (χ0n) is 21.3. The van der Waals surface area contributed by atoms with Gasteiger partial charge in [0.2, 0.25) is 0 Å². The quantitative estimate of drug-likeness (QED) is 0.239. The van der Waals surface area contributed by atoms with Crippen molar-refractivity contribution in [3.8, 4) is 33.8 Å². The number of rotatable bonds is 3. The molecule has 38 heavy (non-hydrogen) atoms. The van der Waals surface area contributed by atoms with Crippen LogP contribution in [0.1, 0.15) is 25.0 Å². The molecule has 0 bridgehead atoms. The molecule has 2 heterocycles. The van der Waals surface area contributed by atoms with E-state index in [-0.39, 0.29) is 5.41 Å². The maximum Gasteiger partial charge on any atom is 0.160 e. The molecular weight excluding hydrogens is 480 g/mol. The van der Waals surface area contributed by atoms with E-state index in [0.717, 1.165) is 33.5 Å². The van der Waals surface area contributed by atoms with E-state index in [9.17, 15) is 0 Å². The molecule has 2 nitrogen and oxygen atoms in total. The van der Waals surface area contributed by atoms with Crippen molar-refractivity contribution >= 4 is 22.7 Å². The standard InChI is InChI=1S/C35H26N2S/c1-35(2)28-13-7-9-15-31(28)38-32-21-20-26(22-29(32)35)23-16-18-25(19-17-23)34-36-30-14-8-6-12-27(30)33(37-34)24-10-4-3-5-11-24/h3-22H,1-2H3. The molecule has 1 aromatic heterocycles. The van der Waals surface area contributed by atoms with Crippen molar-refractivity contribution < 1.29 is 0 Å². The Kier molecular flexibility index (Phi) is 5.41. The summed E-state index contributed by atoms with van der Waals surface area (Å²) in [6.07, 6.45) is 0. The fourth-order valence-electron chi connectivity index (χ4n) is 5.46. The number of aromatic nitrogens is 2. The molecular formula is C35H26N2S. The number of para-hydroxylation sites is 1. The molecule has 0 aliphatic carbocycles. The number of fused-ring (bicyclic) bond motifs is 3. The molecule has 0 unspecified atom stereocenters. The summed E-state index contributed by atoms with van der Waals surface area (Å²) in [4.78, 5) is 12.6. The summed E-state index contributed by atoms with van der Waals surface area (Å²) >= 11 is 1.87. The van der Waals surface area contributed by atoms with Crippen LogP contribution in [0.3, 0.4) is 0 Å². The van der Waals surface area contributed by atoms with Gasteiger partial charge in [-0.15, -0.1) is 0 Å². The summed E-state index contributed by atoms with van der Waals surface area (Å²) in [6.45, 7) is 4.66. The molecule has 0 atom stereocenters. The Hall–Kier alpha value is -4.21. The molecule has 0 spiro atoms. The van der Waals surface area contributed by atoms with Gasteiger partial charge in [-0.25, -0.2) is 9.97 Å². The SMILES string of the molecule is CC1(C)c2ccccc2Sc2ccc(-c3ccc(-c4nc(-c5ccccc5)c5ccccc5n4)cc3)cc21. The molecule has 0 amide bonds. The average Bonchev–Trinajstić information content (AvgIpc) is 2.97. The second-order valence-corrected chi connectivity index (χ2v) is 11.4. The van der Waals surface area contributed by atoms with E-state index < -0.39 is 0 Å². The van der Waals surface area contributed by atoms with Crippen LogP contribution in [-0.2, 0) is 5.41 Å². The second-order valence-electron chi connectivity index (χ2n) is 10.3. The normalized spacial score (nSPS) is 13.6. The zero-order chi connectivity index (χ0) is 25.7. The second kappa shape index (κ2) is 8.97. The first-order valence-corrected chi connectivity index (χ1v) is 13.7. The van der Waals surface area contributed by atoms with Crippen molar-refractivity contribution in [2.45, 2.75) is 29.1 Å². The molecule has 6 aromatic rings. The summed E-state index contributed by atoms with van der Waals surface area (Å²) < 4.78 is 0. The van der Waals surface area contributed by atoms with E-state index in [1.54, 1.807) is 0 Å². The molecule has 0 N–H and O–H groups in total. The van der Waals surface area contributed by atoms with Gasteiger partial charge in [0.15, 0.2) is 5.82 Å². The topological polar surface area (TPSA) is 25.8 Å². The fourth-order valence-corrected chi connectivity index (χ4v) is 6.83. The summed E-state index contributed by atoms with van der Waals surface area (Å²) in [5.74, 6) is 0.744. The minimum atomic E-state index is -0.0418. The van der Waals surface area contributed by atoms with Crippen LogP contribution < -0.4 is 0 Å². The minimum Gasteiger partial charge on any atom is -0.228 e. The van der Waals surface area contributed by atoms with Crippen LogP contribution in [0.15, 0.2) is 131 Å². The molecule has 1 aliphatic heterocycles. The van der Waals surface area contributed by atoms with E-state index in [0.29, 0.717) is 0 Å². The van der Waals surface area contributed by atoms with Crippen LogP contribution in [0.2, 0.25) is 0 Å². The molecule has 0 saturated carbocycles. The maximum absolute atomic E-state index is 5.03. The Bertz CT molecular complexity index is 1800. The summed E-state index contributed by atoms with van der Waals surface area (Å²) in [7, 11) is 0. The van der Waals surface area contributed by atoms with Crippen molar-refractivity contribution in [1.82, 2.24) is 9.97 Å². The van der Waals surface area contributed by atoms with Crippen LogP contribution >= 0.6 is 11.8 Å². The fraction of sp³-hybridized carbons (Fsp3) is 0.0857. The summed E-state index contributed by atoms with van der Waals surface area (Å²) in [6, 6.07) is 42.9. The highest BCUT2D eigenvalue weighted by Gasteiger charge is 2.33. The minimum absolute atomic E-state index is 0.0418. The first kappa shape index (κ1) is 22.9. The average molecular weight is 507 g/mol. The van der Waals surface area contributed by atoms with Crippen molar-refractivity contribution in [2.24, 2.45) is 0 Å². The molecule has 7 rings (SSSR count). The van der Waals surface area contributed by atoms with Gasteiger partial charge >= 0.3 is 0 Å². The number of hydrogen-bond donors (Lipinski definition) is 0. The molecule has 0 saturated heterocycles. The van der Waals surface area contributed by atoms with Crippen LogP contribution in [0, 0.1) is 0 Å². The highest BCUT2D eigenvalue weighted by Crippen LogP contribution is 2.49. The number of benzene rings is 5. The van der Waals surface area contributed by atoms with E-state index in [4.69, 9.17) is 9.97 Å². The largest absolute Gasteiger partial charge is 0.228 e. The van der Waals surface area contributed by atoms with Gasteiger partial charge in [0, 0.05) is 31.7 Å². The smallest absolute Gasteiger partial charge is 0.160 e. The lowest BCUT2D eigenvalue weighted by atomic mass is 9.77. The predicted octanol–water partition coefficient (Wildman–Crippen LogP) is 9.42. The Morgan fingerprint density at radius 3 is 2.03 bits per heavy atom. The van der Waals surface area contributed by atoms with Crippen molar-refractivity contribution in [2.75, 3.05) is 0 Å². The third-order valence-corrected chi connectivity index (χ3v) is 8.71. The maximum atomic E-state index is 5.03. The van der Waals surface area contributed by atoms with Gasteiger partial charge in [0.25, 0.3) is 0 Å². The van der Waals surface area contributed by atoms with Gasteiger partial charge in [-0.3, -0.25) is 0 Å². The van der Waals surface area contributed by atoms with E-state index in [2.05, 4.69) is 117 Å². The highest BCUT2D eigenvalue weighted by atomic mass is 32.2.